The van der Waals surface area contributed by atoms with E-state index in [0.717, 1.165) is 25.6 Å². The molecule has 70 valence electrons. The Hall–Kier alpha value is -0.960. The summed E-state index contributed by atoms with van der Waals surface area (Å²) in [7, 11) is 0. The summed E-state index contributed by atoms with van der Waals surface area (Å²) in [6.45, 7) is 1.64. The van der Waals surface area contributed by atoms with Crippen LogP contribution in [0.2, 0.25) is 0 Å². The molecular formula is C10H11F2N. The van der Waals surface area contributed by atoms with Crippen LogP contribution in [0.3, 0.4) is 0 Å². The van der Waals surface area contributed by atoms with Crippen LogP contribution in [0.4, 0.5) is 8.78 Å². The molecule has 1 fully saturated rings. The summed E-state index contributed by atoms with van der Waals surface area (Å²) >= 11 is 0. The number of benzene rings is 1. The highest BCUT2D eigenvalue weighted by Crippen LogP contribution is 2.25. The average Bonchev–Trinajstić information content (AvgIpc) is 2.61. The molecule has 1 atom stereocenters. The minimum atomic E-state index is -0.358. The van der Waals surface area contributed by atoms with E-state index in [2.05, 4.69) is 5.32 Å². The predicted molar refractivity (Wildman–Crippen MR) is 46.6 cm³/mol. The van der Waals surface area contributed by atoms with Crippen molar-refractivity contribution in [1.82, 2.24) is 5.32 Å². The molecular weight excluding hydrogens is 172 g/mol. The van der Waals surface area contributed by atoms with E-state index in [9.17, 15) is 8.78 Å². The van der Waals surface area contributed by atoms with Crippen molar-refractivity contribution in [2.24, 2.45) is 0 Å². The smallest absolute Gasteiger partial charge is 0.126 e. The van der Waals surface area contributed by atoms with E-state index in [1.54, 1.807) is 0 Å². The second-order valence-corrected chi connectivity index (χ2v) is 3.36. The van der Waals surface area contributed by atoms with Crippen LogP contribution in [-0.2, 0) is 0 Å². The summed E-state index contributed by atoms with van der Waals surface area (Å²) < 4.78 is 26.0. The molecule has 1 saturated heterocycles. The first-order valence-electron chi connectivity index (χ1n) is 4.43. The van der Waals surface area contributed by atoms with Gasteiger partial charge in [-0.2, -0.15) is 0 Å². The van der Waals surface area contributed by atoms with Gasteiger partial charge in [-0.3, -0.25) is 0 Å². The van der Waals surface area contributed by atoms with E-state index in [1.807, 2.05) is 0 Å². The van der Waals surface area contributed by atoms with Crippen molar-refractivity contribution in [1.29, 1.82) is 0 Å². The van der Waals surface area contributed by atoms with E-state index < -0.39 is 0 Å². The molecule has 1 nitrogen and oxygen atoms in total. The minimum Gasteiger partial charge on any atom is -0.316 e. The van der Waals surface area contributed by atoms with Crippen LogP contribution in [0.5, 0.6) is 0 Å². The van der Waals surface area contributed by atoms with Crippen molar-refractivity contribution < 1.29 is 8.78 Å². The normalized spacial score (nSPS) is 22.2. The third-order valence-corrected chi connectivity index (χ3v) is 2.46. The second kappa shape index (κ2) is 3.42. The molecule has 0 spiro atoms. The first kappa shape index (κ1) is 8.63. The summed E-state index contributed by atoms with van der Waals surface area (Å²) in [5, 5.41) is 3.13. The molecule has 1 aliphatic rings. The molecule has 1 aliphatic heterocycles. The summed E-state index contributed by atoms with van der Waals surface area (Å²) in [4.78, 5) is 0. The van der Waals surface area contributed by atoms with Crippen LogP contribution >= 0.6 is 0 Å². The van der Waals surface area contributed by atoms with Crippen molar-refractivity contribution in [2.75, 3.05) is 13.1 Å². The standard InChI is InChI=1S/C10H11F2N/c11-8-1-2-10(12)9(5-8)7-3-4-13-6-7/h1-2,5,7,13H,3-4,6H2/t7-/m0/s1. The maximum Gasteiger partial charge on any atom is 0.126 e. The van der Waals surface area contributed by atoms with E-state index in [0.29, 0.717) is 5.56 Å². The largest absolute Gasteiger partial charge is 0.316 e. The van der Waals surface area contributed by atoms with Crippen molar-refractivity contribution >= 4 is 0 Å². The molecule has 1 aromatic carbocycles. The van der Waals surface area contributed by atoms with Gasteiger partial charge in [0.2, 0.25) is 0 Å². The van der Waals surface area contributed by atoms with E-state index in [4.69, 9.17) is 0 Å². The maximum absolute atomic E-state index is 13.2. The average molecular weight is 183 g/mol. The van der Waals surface area contributed by atoms with Crippen molar-refractivity contribution in [2.45, 2.75) is 12.3 Å². The van der Waals surface area contributed by atoms with Crippen molar-refractivity contribution in [3.05, 3.63) is 35.4 Å². The highest BCUT2D eigenvalue weighted by Gasteiger charge is 2.20. The molecule has 0 aliphatic carbocycles. The molecule has 0 unspecified atom stereocenters. The Labute approximate surface area is 75.8 Å². The van der Waals surface area contributed by atoms with Gasteiger partial charge in [0, 0.05) is 12.5 Å². The number of nitrogens with one attached hydrogen (secondary N) is 1. The Bertz CT molecular complexity index is 306. The Kier molecular flexibility index (Phi) is 2.27. The van der Waals surface area contributed by atoms with Gasteiger partial charge >= 0.3 is 0 Å². The quantitative estimate of drug-likeness (QED) is 0.702. The number of halogens is 2. The maximum atomic E-state index is 13.2. The highest BCUT2D eigenvalue weighted by atomic mass is 19.1. The Morgan fingerprint density at radius 2 is 2.15 bits per heavy atom. The fourth-order valence-corrected chi connectivity index (χ4v) is 1.75. The SMILES string of the molecule is Fc1ccc(F)c([C@H]2CCNC2)c1. The van der Waals surface area contributed by atoms with Gasteiger partial charge in [-0.1, -0.05) is 0 Å². The first-order chi connectivity index (χ1) is 6.27. The molecule has 13 heavy (non-hydrogen) atoms. The first-order valence-corrected chi connectivity index (χ1v) is 4.43. The van der Waals surface area contributed by atoms with Crippen LogP contribution in [0, 0.1) is 11.6 Å². The zero-order valence-electron chi connectivity index (χ0n) is 7.19. The second-order valence-electron chi connectivity index (χ2n) is 3.36. The van der Waals surface area contributed by atoms with E-state index in [1.165, 1.54) is 12.1 Å². The van der Waals surface area contributed by atoms with Gasteiger partial charge in [-0.25, -0.2) is 8.78 Å². The van der Waals surface area contributed by atoms with Crippen LogP contribution < -0.4 is 5.32 Å². The zero-order valence-corrected chi connectivity index (χ0v) is 7.19. The van der Waals surface area contributed by atoms with Gasteiger partial charge in [0.25, 0.3) is 0 Å². The molecule has 0 bridgehead atoms. The molecule has 0 radical (unpaired) electrons. The summed E-state index contributed by atoms with van der Waals surface area (Å²) in [6, 6.07) is 3.65. The number of hydrogen-bond donors (Lipinski definition) is 1. The molecule has 1 aromatic rings. The van der Waals surface area contributed by atoms with Gasteiger partial charge in [0.1, 0.15) is 11.6 Å². The molecule has 1 heterocycles. The Morgan fingerprint density at radius 1 is 1.31 bits per heavy atom. The third kappa shape index (κ3) is 1.70. The monoisotopic (exact) mass is 183 g/mol. The summed E-state index contributed by atoms with van der Waals surface area (Å²) in [5.41, 5.74) is 0.505. The Morgan fingerprint density at radius 3 is 2.85 bits per heavy atom. The van der Waals surface area contributed by atoms with Crippen molar-refractivity contribution in [3.8, 4) is 0 Å². The van der Waals surface area contributed by atoms with Gasteiger partial charge < -0.3 is 5.32 Å². The van der Waals surface area contributed by atoms with Crippen LogP contribution in [0.1, 0.15) is 17.9 Å². The number of rotatable bonds is 1. The lowest BCUT2D eigenvalue weighted by Crippen LogP contribution is -2.09. The topological polar surface area (TPSA) is 12.0 Å². The molecule has 2 rings (SSSR count). The van der Waals surface area contributed by atoms with Gasteiger partial charge in [0.05, 0.1) is 0 Å². The van der Waals surface area contributed by atoms with Gasteiger partial charge in [-0.05, 0) is 36.7 Å². The lowest BCUT2D eigenvalue weighted by Gasteiger charge is -2.09. The summed E-state index contributed by atoms with van der Waals surface area (Å²) in [6.07, 6.45) is 0.889. The fourth-order valence-electron chi connectivity index (χ4n) is 1.75. The lowest BCUT2D eigenvalue weighted by molar-refractivity contribution is 0.567. The third-order valence-electron chi connectivity index (χ3n) is 2.46. The molecule has 0 saturated carbocycles. The van der Waals surface area contributed by atoms with Crippen LogP contribution in [0.15, 0.2) is 18.2 Å². The van der Waals surface area contributed by atoms with Gasteiger partial charge in [-0.15, -0.1) is 0 Å². The highest BCUT2D eigenvalue weighted by molar-refractivity contribution is 5.24. The Balaban J connectivity index is 2.32. The molecule has 0 aromatic heterocycles. The zero-order chi connectivity index (χ0) is 9.26. The molecule has 1 N–H and O–H groups in total. The molecule has 3 heteroatoms. The van der Waals surface area contributed by atoms with Crippen LogP contribution in [0.25, 0.3) is 0 Å². The summed E-state index contributed by atoms with van der Waals surface area (Å²) in [5.74, 6) is -0.519. The van der Waals surface area contributed by atoms with Crippen LogP contribution in [-0.4, -0.2) is 13.1 Å². The van der Waals surface area contributed by atoms with E-state index in [-0.39, 0.29) is 17.6 Å². The number of hydrogen-bond acceptors (Lipinski definition) is 1. The predicted octanol–water partition coefficient (Wildman–Crippen LogP) is 2.04. The van der Waals surface area contributed by atoms with E-state index >= 15 is 0 Å². The van der Waals surface area contributed by atoms with Gasteiger partial charge in [0.15, 0.2) is 0 Å². The minimum absolute atomic E-state index is 0.135. The fraction of sp³-hybridized carbons (Fsp3) is 0.400. The lowest BCUT2D eigenvalue weighted by atomic mass is 9.98. The molecule has 0 amide bonds. The van der Waals surface area contributed by atoms with Crippen molar-refractivity contribution in [3.63, 3.8) is 0 Å².